The number of amides is 1. The van der Waals surface area contributed by atoms with Crippen LogP contribution in [0.25, 0.3) is 0 Å². The number of halogens is 2. The maximum absolute atomic E-state index is 13.2. The van der Waals surface area contributed by atoms with E-state index in [9.17, 15) is 17.6 Å². The summed E-state index contributed by atoms with van der Waals surface area (Å²) in [5.74, 6) is -0.882. The van der Waals surface area contributed by atoms with Gasteiger partial charge in [0, 0.05) is 12.1 Å². The zero-order chi connectivity index (χ0) is 19.2. The molecule has 0 bridgehead atoms. The first-order chi connectivity index (χ1) is 12.3. The highest BCUT2D eigenvalue weighted by atomic mass is 35.5. The molecule has 0 aromatic heterocycles. The largest absolute Gasteiger partial charge is 0.352 e. The summed E-state index contributed by atoms with van der Waals surface area (Å²) in [6, 6.07) is 9.11. The van der Waals surface area contributed by atoms with Crippen molar-refractivity contribution in [3.63, 3.8) is 0 Å². The molecule has 2 aromatic carbocycles. The van der Waals surface area contributed by atoms with E-state index < -0.39 is 15.8 Å². The molecule has 0 spiro atoms. The third-order valence-corrected chi connectivity index (χ3v) is 5.35. The zero-order valence-electron chi connectivity index (χ0n) is 14.3. The molecule has 0 aliphatic rings. The number of benzene rings is 2. The number of hydrogen-bond acceptors (Lipinski definition) is 3. The minimum absolute atomic E-state index is 0.0134. The van der Waals surface area contributed by atoms with Crippen LogP contribution in [0.4, 0.5) is 10.1 Å². The SMILES string of the molecule is CCCCCNC(=O)c1ccc(S(=O)(=O)Nc2ccc(F)c(Cl)c2)cc1. The third-order valence-electron chi connectivity index (χ3n) is 3.66. The summed E-state index contributed by atoms with van der Waals surface area (Å²) in [6.07, 6.45) is 3.00. The van der Waals surface area contributed by atoms with Crippen molar-refractivity contribution >= 4 is 33.2 Å². The van der Waals surface area contributed by atoms with E-state index in [1.807, 2.05) is 0 Å². The molecule has 0 unspecified atom stereocenters. The number of hydrogen-bond donors (Lipinski definition) is 2. The van der Waals surface area contributed by atoms with Crippen LogP contribution in [0.3, 0.4) is 0 Å². The van der Waals surface area contributed by atoms with Crippen molar-refractivity contribution in [2.75, 3.05) is 11.3 Å². The van der Waals surface area contributed by atoms with Gasteiger partial charge in [0.15, 0.2) is 0 Å². The van der Waals surface area contributed by atoms with Crippen molar-refractivity contribution in [2.24, 2.45) is 0 Å². The van der Waals surface area contributed by atoms with Gasteiger partial charge in [-0.3, -0.25) is 9.52 Å². The number of anilines is 1. The highest BCUT2D eigenvalue weighted by Crippen LogP contribution is 2.22. The fraction of sp³-hybridized carbons (Fsp3) is 0.278. The normalized spacial score (nSPS) is 11.2. The summed E-state index contributed by atoms with van der Waals surface area (Å²) >= 11 is 5.65. The van der Waals surface area contributed by atoms with Crippen LogP contribution >= 0.6 is 11.6 Å². The highest BCUT2D eigenvalue weighted by molar-refractivity contribution is 7.92. The van der Waals surface area contributed by atoms with Crippen LogP contribution in [-0.4, -0.2) is 20.9 Å². The van der Waals surface area contributed by atoms with Gasteiger partial charge in [-0.05, 0) is 48.9 Å². The van der Waals surface area contributed by atoms with Crippen molar-refractivity contribution in [3.8, 4) is 0 Å². The Hall–Kier alpha value is -2.12. The van der Waals surface area contributed by atoms with E-state index in [0.717, 1.165) is 25.3 Å². The Kier molecular flexibility index (Phi) is 6.99. The number of sulfonamides is 1. The molecule has 0 saturated carbocycles. The van der Waals surface area contributed by atoms with E-state index in [1.54, 1.807) is 0 Å². The summed E-state index contributed by atoms with van der Waals surface area (Å²) in [6.45, 7) is 2.66. The molecule has 140 valence electrons. The fourth-order valence-corrected chi connectivity index (χ4v) is 3.47. The van der Waals surface area contributed by atoms with E-state index in [-0.39, 0.29) is 21.5 Å². The second-order valence-corrected chi connectivity index (χ2v) is 7.81. The number of unbranched alkanes of at least 4 members (excludes halogenated alkanes) is 2. The second kappa shape index (κ2) is 9.00. The van der Waals surface area contributed by atoms with Crippen molar-refractivity contribution in [2.45, 2.75) is 31.1 Å². The summed E-state index contributed by atoms with van der Waals surface area (Å²) in [5, 5.41) is 2.61. The van der Waals surface area contributed by atoms with Crippen molar-refractivity contribution in [3.05, 3.63) is 58.9 Å². The van der Waals surface area contributed by atoms with E-state index >= 15 is 0 Å². The molecule has 2 N–H and O–H groups in total. The van der Waals surface area contributed by atoms with Crippen LogP contribution in [0.15, 0.2) is 47.4 Å². The van der Waals surface area contributed by atoms with Gasteiger partial charge in [0.05, 0.1) is 15.6 Å². The van der Waals surface area contributed by atoms with Gasteiger partial charge in [0.25, 0.3) is 15.9 Å². The molecule has 0 saturated heterocycles. The molecular weight excluding hydrogens is 379 g/mol. The quantitative estimate of drug-likeness (QED) is 0.654. The zero-order valence-corrected chi connectivity index (χ0v) is 15.8. The molecule has 5 nitrogen and oxygen atoms in total. The van der Waals surface area contributed by atoms with Gasteiger partial charge in [-0.1, -0.05) is 31.4 Å². The molecule has 2 rings (SSSR count). The smallest absolute Gasteiger partial charge is 0.261 e. The minimum Gasteiger partial charge on any atom is -0.352 e. The average molecular weight is 399 g/mol. The van der Waals surface area contributed by atoms with Gasteiger partial charge in [0.2, 0.25) is 0 Å². The Morgan fingerprint density at radius 2 is 1.81 bits per heavy atom. The van der Waals surface area contributed by atoms with Gasteiger partial charge in [-0.2, -0.15) is 0 Å². The molecule has 2 aromatic rings. The maximum atomic E-state index is 13.2. The fourth-order valence-electron chi connectivity index (χ4n) is 2.24. The predicted octanol–water partition coefficient (Wildman–Crippen LogP) is 4.20. The Labute approximate surface area is 157 Å². The average Bonchev–Trinajstić information content (AvgIpc) is 2.61. The van der Waals surface area contributed by atoms with Crippen molar-refractivity contribution in [1.82, 2.24) is 5.32 Å². The molecule has 0 aliphatic carbocycles. The molecule has 26 heavy (non-hydrogen) atoms. The Balaban J connectivity index is 2.06. The Bertz CT molecular complexity index is 871. The molecule has 1 amide bonds. The van der Waals surface area contributed by atoms with Gasteiger partial charge in [-0.25, -0.2) is 12.8 Å². The lowest BCUT2D eigenvalue weighted by molar-refractivity contribution is 0.0953. The van der Waals surface area contributed by atoms with E-state index in [2.05, 4.69) is 17.0 Å². The Morgan fingerprint density at radius 3 is 2.42 bits per heavy atom. The summed E-state index contributed by atoms with van der Waals surface area (Å²) < 4.78 is 40.2. The first-order valence-corrected chi connectivity index (χ1v) is 10.1. The van der Waals surface area contributed by atoms with Gasteiger partial charge in [-0.15, -0.1) is 0 Å². The number of carbonyl (C=O) groups excluding carboxylic acids is 1. The van der Waals surface area contributed by atoms with E-state index in [0.29, 0.717) is 12.1 Å². The summed E-state index contributed by atoms with van der Waals surface area (Å²) in [7, 11) is -3.87. The second-order valence-electron chi connectivity index (χ2n) is 5.72. The molecule has 0 heterocycles. The van der Waals surface area contributed by atoms with Gasteiger partial charge < -0.3 is 5.32 Å². The number of carbonyl (C=O) groups is 1. The Morgan fingerprint density at radius 1 is 1.12 bits per heavy atom. The van der Waals surface area contributed by atoms with Crippen molar-refractivity contribution < 1.29 is 17.6 Å². The van der Waals surface area contributed by atoms with E-state index in [4.69, 9.17) is 11.6 Å². The molecule has 0 atom stereocenters. The van der Waals surface area contributed by atoms with Crippen LogP contribution in [0.5, 0.6) is 0 Å². The van der Waals surface area contributed by atoms with Crippen LogP contribution in [0.1, 0.15) is 36.5 Å². The third kappa shape index (κ3) is 5.44. The standard InChI is InChI=1S/C18H20ClFN2O3S/c1-2-3-4-11-21-18(23)13-5-8-15(9-6-13)26(24,25)22-14-7-10-17(20)16(19)12-14/h5-10,12,22H,2-4,11H2,1H3,(H,21,23). The molecule has 0 aliphatic heterocycles. The van der Waals surface area contributed by atoms with Crippen LogP contribution in [0.2, 0.25) is 5.02 Å². The molecule has 0 fully saturated rings. The van der Waals surface area contributed by atoms with Crippen LogP contribution < -0.4 is 10.0 Å². The number of nitrogens with one attached hydrogen (secondary N) is 2. The summed E-state index contributed by atoms with van der Waals surface area (Å²) in [5.41, 5.74) is 0.527. The maximum Gasteiger partial charge on any atom is 0.261 e. The number of rotatable bonds is 8. The van der Waals surface area contributed by atoms with Gasteiger partial charge >= 0.3 is 0 Å². The molecular formula is C18H20ClFN2O3S. The predicted molar refractivity (Wildman–Crippen MR) is 101 cm³/mol. The van der Waals surface area contributed by atoms with Crippen LogP contribution in [0, 0.1) is 5.82 Å². The topological polar surface area (TPSA) is 75.3 Å². The van der Waals surface area contributed by atoms with Gasteiger partial charge in [0.1, 0.15) is 5.82 Å². The summed E-state index contributed by atoms with van der Waals surface area (Å²) in [4.78, 5) is 12.0. The molecule has 0 radical (unpaired) electrons. The molecule has 8 heteroatoms. The first kappa shape index (κ1) is 20.2. The monoisotopic (exact) mass is 398 g/mol. The first-order valence-electron chi connectivity index (χ1n) is 8.19. The lowest BCUT2D eigenvalue weighted by Gasteiger charge is -2.10. The van der Waals surface area contributed by atoms with Crippen LogP contribution in [-0.2, 0) is 10.0 Å². The van der Waals surface area contributed by atoms with E-state index in [1.165, 1.54) is 36.4 Å². The lowest BCUT2D eigenvalue weighted by atomic mass is 10.2. The van der Waals surface area contributed by atoms with Crippen molar-refractivity contribution in [1.29, 1.82) is 0 Å². The minimum atomic E-state index is -3.87. The lowest BCUT2D eigenvalue weighted by Crippen LogP contribution is -2.24. The highest BCUT2D eigenvalue weighted by Gasteiger charge is 2.16.